The van der Waals surface area contributed by atoms with Crippen LogP contribution in [-0.4, -0.2) is 19.1 Å². The molecule has 0 radical (unpaired) electrons. The number of rotatable bonds is 3. The average molecular weight is 269 g/mol. The zero-order chi connectivity index (χ0) is 13.8. The van der Waals surface area contributed by atoms with E-state index in [1.165, 1.54) is 12.3 Å². The average Bonchev–Trinajstić information content (AvgIpc) is 2.42. The maximum absolute atomic E-state index is 13.1. The van der Waals surface area contributed by atoms with E-state index < -0.39 is 23.6 Å². The Morgan fingerprint density at radius 2 is 2.11 bits per heavy atom. The molecule has 0 fully saturated rings. The molecule has 102 valence electrons. The first-order valence-electron chi connectivity index (χ1n) is 5.78. The smallest absolute Gasteiger partial charge is 0.290 e. The Labute approximate surface area is 109 Å². The molecule has 1 aliphatic heterocycles. The van der Waals surface area contributed by atoms with Crippen molar-refractivity contribution in [3.05, 3.63) is 47.4 Å². The molecule has 19 heavy (non-hydrogen) atoms. The van der Waals surface area contributed by atoms with Crippen LogP contribution in [-0.2, 0) is 14.3 Å². The molecular weight excluding hydrogens is 256 g/mol. The van der Waals surface area contributed by atoms with Gasteiger partial charge in [0.15, 0.2) is 11.6 Å². The predicted octanol–water partition coefficient (Wildman–Crippen LogP) is 2.03. The van der Waals surface area contributed by atoms with Gasteiger partial charge in [-0.1, -0.05) is 6.07 Å². The molecule has 0 aromatic heterocycles. The number of carbonyl (C=O) groups excluding carboxylic acids is 1. The molecule has 1 aliphatic rings. The molecule has 0 aliphatic carbocycles. The van der Waals surface area contributed by atoms with E-state index in [1.807, 2.05) is 0 Å². The molecule has 0 spiro atoms. The standard InChI is InChI=1S/C13H13F2NO3/c1-8(9-2-3-10(14)11(15)6-9)16-13(17)12-7-18-4-5-19-12/h2-3,6-8H,4-5H2,1H3,(H,16,17). The Morgan fingerprint density at radius 1 is 1.32 bits per heavy atom. The van der Waals surface area contributed by atoms with E-state index in [4.69, 9.17) is 9.47 Å². The van der Waals surface area contributed by atoms with Crippen molar-refractivity contribution in [2.45, 2.75) is 13.0 Å². The summed E-state index contributed by atoms with van der Waals surface area (Å²) in [5.74, 6) is -2.26. The zero-order valence-electron chi connectivity index (χ0n) is 10.3. The Morgan fingerprint density at radius 3 is 2.74 bits per heavy atom. The lowest BCUT2D eigenvalue weighted by molar-refractivity contribution is -0.122. The van der Waals surface area contributed by atoms with Crippen molar-refractivity contribution in [1.82, 2.24) is 5.32 Å². The van der Waals surface area contributed by atoms with Gasteiger partial charge in [-0.05, 0) is 24.6 Å². The van der Waals surface area contributed by atoms with Crippen LogP contribution in [0.2, 0.25) is 0 Å². The number of benzene rings is 1. The van der Waals surface area contributed by atoms with Crippen molar-refractivity contribution in [2.75, 3.05) is 13.2 Å². The van der Waals surface area contributed by atoms with E-state index in [0.29, 0.717) is 18.8 Å². The normalized spacial score (nSPS) is 15.8. The number of carbonyl (C=O) groups is 1. The molecule has 1 amide bonds. The van der Waals surface area contributed by atoms with E-state index in [9.17, 15) is 13.6 Å². The maximum atomic E-state index is 13.1. The van der Waals surface area contributed by atoms with Gasteiger partial charge >= 0.3 is 0 Å². The lowest BCUT2D eigenvalue weighted by Gasteiger charge is -2.18. The van der Waals surface area contributed by atoms with Gasteiger partial charge in [0.25, 0.3) is 5.91 Å². The molecule has 0 saturated carbocycles. The largest absolute Gasteiger partial charge is 0.494 e. The van der Waals surface area contributed by atoms with Crippen LogP contribution in [0.4, 0.5) is 8.78 Å². The van der Waals surface area contributed by atoms with Crippen molar-refractivity contribution >= 4 is 5.91 Å². The van der Waals surface area contributed by atoms with Gasteiger partial charge in [-0.15, -0.1) is 0 Å². The van der Waals surface area contributed by atoms with Crippen molar-refractivity contribution in [3.63, 3.8) is 0 Å². The Kier molecular flexibility index (Phi) is 3.99. The first kappa shape index (κ1) is 13.3. The van der Waals surface area contributed by atoms with Gasteiger partial charge in [-0.2, -0.15) is 0 Å². The fourth-order valence-corrected chi connectivity index (χ4v) is 1.62. The van der Waals surface area contributed by atoms with Crippen molar-refractivity contribution in [3.8, 4) is 0 Å². The van der Waals surface area contributed by atoms with E-state index in [0.717, 1.165) is 12.1 Å². The van der Waals surface area contributed by atoms with Crippen LogP contribution in [0, 0.1) is 11.6 Å². The molecule has 1 heterocycles. The number of amides is 1. The molecule has 1 aromatic rings. The number of nitrogens with one attached hydrogen (secondary N) is 1. The third-order valence-electron chi connectivity index (χ3n) is 2.66. The summed E-state index contributed by atoms with van der Waals surface area (Å²) in [5, 5.41) is 2.61. The maximum Gasteiger partial charge on any atom is 0.290 e. The van der Waals surface area contributed by atoms with Gasteiger partial charge in [0.05, 0.1) is 6.04 Å². The van der Waals surface area contributed by atoms with Crippen molar-refractivity contribution in [2.24, 2.45) is 0 Å². The van der Waals surface area contributed by atoms with Crippen LogP contribution >= 0.6 is 0 Å². The Balaban J connectivity index is 2.03. The second-order valence-electron chi connectivity index (χ2n) is 4.07. The summed E-state index contributed by atoms with van der Waals surface area (Å²) in [6.45, 7) is 2.36. The highest BCUT2D eigenvalue weighted by atomic mass is 19.2. The monoisotopic (exact) mass is 269 g/mol. The molecule has 1 atom stereocenters. The zero-order valence-corrected chi connectivity index (χ0v) is 10.3. The Bertz CT molecular complexity index is 517. The van der Waals surface area contributed by atoms with Crippen LogP contribution in [0.15, 0.2) is 30.2 Å². The minimum atomic E-state index is -0.949. The van der Waals surface area contributed by atoms with Gasteiger partial charge in [-0.3, -0.25) is 4.79 Å². The molecule has 6 heteroatoms. The van der Waals surface area contributed by atoms with Gasteiger partial charge < -0.3 is 14.8 Å². The second-order valence-corrected chi connectivity index (χ2v) is 4.07. The summed E-state index contributed by atoms with van der Waals surface area (Å²) in [5.41, 5.74) is 0.463. The minimum absolute atomic E-state index is 0.0701. The number of halogens is 2. The molecule has 1 aromatic carbocycles. The summed E-state index contributed by atoms with van der Waals surface area (Å²) < 4.78 is 36.0. The van der Waals surface area contributed by atoms with Crippen LogP contribution < -0.4 is 5.32 Å². The molecule has 1 unspecified atom stereocenters. The lowest BCUT2D eigenvalue weighted by Crippen LogP contribution is -2.30. The van der Waals surface area contributed by atoms with Crippen LogP contribution in [0.1, 0.15) is 18.5 Å². The summed E-state index contributed by atoms with van der Waals surface area (Å²) >= 11 is 0. The number of hydrogen-bond acceptors (Lipinski definition) is 3. The van der Waals surface area contributed by atoms with Crippen LogP contribution in [0.25, 0.3) is 0 Å². The topological polar surface area (TPSA) is 47.6 Å². The van der Waals surface area contributed by atoms with Gasteiger partial charge in [-0.25, -0.2) is 8.78 Å². The molecule has 4 nitrogen and oxygen atoms in total. The third-order valence-corrected chi connectivity index (χ3v) is 2.66. The van der Waals surface area contributed by atoms with Gasteiger partial charge in [0.1, 0.15) is 19.5 Å². The predicted molar refractivity (Wildman–Crippen MR) is 62.9 cm³/mol. The highest BCUT2D eigenvalue weighted by Crippen LogP contribution is 2.17. The first-order chi connectivity index (χ1) is 9.08. The first-order valence-corrected chi connectivity index (χ1v) is 5.78. The van der Waals surface area contributed by atoms with E-state index in [2.05, 4.69) is 5.32 Å². The molecule has 2 rings (SSSR count). The molecule has 1 N–H and O–H groups in total. The Hall–Kier alpha value is -2.11. The van der Waals surface area contributed by atoms with Crippen molar-refractivity contribution in [1.29, 1.82) is 0 Å². The quantitative estimate of drug-likeness (QED) is 0.913. The second kappa shape index (κ2) is 5.69. The summed E-state index contributed by atoms with van der Waals surface area (Å²) in [6.07, 6.45) is 1.23. The van der Waals surface area contributed by atoms with Crippen LogP contribution in [0.3, 0.4) is 0 Å². The number of hydrogen-bond donors (Lipinski definition) is 1. The van der Waals surface area contributed by atoms with Crippen molar-refractivity contribution < 1.29 is 23.0 Å². The van der Waals surface area contributed by atoms with Gasteiger partial charge in [0.2, 0.25) is 5.76 Å². The highest BCUT2D eigenvalue weighted by molar-refractivity contribution is 5.91. The third kappa shape index (κ3) is 3.21. The van der Waals surface area contributed by atoms with E-state index in [-0.39, 0.29) is 5.76 Å². The summed E-state index contributed by atoms with van der Waals surface area (Å²) in [7, 11) is 0. The van der Waals surface area contributed by atoms with E-state index >= 15 is 0 Å². The highest BCUT2D eigenvalue weighted by Gasteiger charge is 2.18. The SMILES string of the molecule is CC(NC(=O)C1=COCCO1)c1ccc(F)c(F)c1. The molecular formula is C13H13F2NO3. The number of ether oxygens (including phenoxy) is 2. The lowest BCUT2D eigenvalue weighted by atomic mass is 10.1. The summed E-state index contributed by atoms with van der Waals surface area (Å²) in [4.78, 5) is 11.8. The summed E-state index contributed by atoms with van der Waals surface area (Å²) in [6, 6.07) is 3.00. The van der Waals surface area contributed by atoms with Gasteiger partial charge in [0, 0.05) is 0 Å². The fourth-order valence-electron chi connectivity index (χ4n) is 1.62. The fraction of sp³-hybridized carbons (Fsp3) is 0.308. The minimum Gasteiger partial charge on any atom is -0.494 e. The molecule has 0 saturated heterocycles. The van der Waals surface area contributed by atoms with E-state index in [1.54, 1.807) is 6.92 Å². The van der Waals surface area contributed by atoms with Crippen LogP contribution in [0.5, 0.6) is 0 Å². The molecule has 0 bridgehead atoms.